The maximum atomic E-state index is 13.7. The van der Waals surface area contributed by atoms with Gasteiger partial charge in [-0.05, 0) is 54.3 Å². The molecule has 10 heteroatoms. The highest BCUT2D eigenvalue weighted by molar-refractivity contribution is 5.84. The molecule has 0 fully saturated rings. The van der Waals surface area contributed by atoms with Crippen LogP contribution in [0, 0.1) is 29.4 Å². The summed E-state index contributed by atoms with van der Waals surface area (Å²) in [4.78, 5) is 29.7. The third kappa shape index (κ3) is 5.35. The number of benzene rings is 3. The maximum absolute atomic E-state index is 13.7. The molecule has 1 heterocycles. The van der Waals surface area contributed by atoms with E-state index in [1.54, 1.807) is 25.3 Å². The van der Waals surface area contributed by atoms with Gasteiger partial charge in [-0.3, -0.25) is 14.9 Å². The zero-order valence-electron chi connectivity index (χ0n) is 22.8. The SMILES string of the molecule is C#CCOc1c(OC)cc(C=Nn2c(-c3cc(C(C)C)c(OC)cc3C)nc3ccccc3c2=O)cc1[N+](=O)[O-]. The first-order valence-electron chi connectivity index (χ1n) is 12.4. The molecule has 0 radical (unpaired) electrons. The predicted octanol–water partition coefficient (Wildman–Crippen LogP) is 5.31. The van der Waals surface area contributed by atoms with E-state index in [2.05, 4.69) is 11.0 Å². The van der Waals surface area contributed by atoms with Crippen LogP contribution in [0.2, 0.25) is 0 Å². The van der Waals surface area contributed by atoms with Crippen molar-refractivity contribution in [3.63, 3.8) is 0 Å². The molecule has 0 aliphatic carbocycles. The molecule has 4 aromatic rings. The fraction of sp³-hybridized carbons (Fsp3) is 0.233. The normalized spacial score (nSPS) is 11.1. The van der Waals surface area contributed by atoms with Gasteiger partial charge in [0.15, 0.2) is 11.6 Å². The first-order valence-corrected chi connectivity index (χ1v) is 12.4. The lowest BCUT2D eigenvalue weighted by molar-refractivity contribution is -0.385. The summed E-state index contributed by atoms with van der Waals surface area (Å²) in [7, 11) is 2.97. The van der Waals surface area contributed by atoms with Crippen LogP contribution >= 0.6 is 0 Å². The average molecular weight is 541 g/mol. The summed E-state index contributed by atoms with van der Waals surface area (Å²) >= 11 is 0. The molecule has 0 aliphatic heterocycles. The van der Waals surface area contributed by atoms with Crippen molar-refractivity contribution in [1.29, 1.82) is 0 Å². The van der Waals surface area contributed by atoms with Crippen LogP contribution in [0.5, 0.6) is 17.2 Å². The Kier molecular flexibility index (Phi) is 8.15. The van der Waals surface area contributed by atoms with E-state index >= 15 is 0 Å². The third-order valence-electron chi connectivity index (χ3n) is 6.29. The number of ether oxygens (including phenoxy) is 3. The zero-order valence-corrected chi connectivity index (χ0v) is 22.8. The highest BCUT2D eigenvalue weighted by atomic mass is 16.6. The highest BCUT2D eigenvalue weighted by Crippen LogP contribution is 2.38. The van der Waals surface area contributed by atoms with Gasteiger partial charge < -0.3 is 14.2 Å². The van der Waals surface area contributed by atoms with Crippen molar-refractivity contribution in [2.45, 2.75) is 26.7 Å². The minimum Gasteiger partial charge on any atom is -0.496 e. The quantitative estimate of drug-likeness (QED) is 0.122. The van der Waals surface area contributed by atoms with Crippen molar-refractivity contribution in [3.8, 4) is 41.0 Å². The van der Waals surface area contributed by atoms with Crippen molar-refractivity contribution in [3.05, 3.63) is 85.7 Å². The Balaban J connectivity index is 1.96. The topological polar surface area (TPSA) is 118 Å². The second-order valence-corrected chi connectivity index (χ2v) is 9.20. The van der Waals surface area contributed by atoms with Crippen LogP contribution in [0.3, 0.4) is 0 Å². The molecule has 4 rings (SSSR count). The molecule has 204 valence electrons. The van der Waals surface area contributed by atoms with E-state index in [9.17, 15) is 14.9 Å². The summed E-state index contributed by atoms with van der Waals surface area (Å²) in [6, 6.07) is 13.6. The van der Waals surface area contributed by atoms with Gasteiger partial charge in [0.25, 0.3) is 5.56 Å². The number of terminal acetylenes is 1. The summed E-state index contributed by atoms with van der Waals surface area (Å²) in [5.41, 5.74) is 2.55. The monoisotopic (exact) mass is 540 g/mol. The van der Waals surface area contributed by atoms with Gasteiger partial charge in [0.2, 0.25) is 5.75 Å². The lowest BCUT2D eigenvalue weighted by Crippen LogP contribution is -2.21. The predicted molar refractivity (Wildman–Crippen MR) is 154 cm³/mol. The van der Waals surface area contributed by atoms with E-state index in [1.165, 1.54) is 30.1 Å². The number of aromatic nitrogens is 2. The van der Waals surface area contributed by atoms with Crippen LogP contribution < -0.4 is 19.8 Å². The fourth-order valence-electron chi connectivity index (χ4n) is 4.33. The molecule has 0 aliphatic rings. The minimum atomic E-state index is -0.602. The van der Waals surface area contributed by atoms with E-state index in [-0.39, 0.29) is 29.7 Å². The Morgan fingerprint density at radius 1 is 1.15 bits per heavy atom. The Morgan fingerprint density at radius 3 is 2.52 bits per heavy atom. The van der Waals surface area contributed by atoms with Crippen LogP contribution in [0.4, 0.5) is 5.69 Å². The molecule has 0 atom stereocenters. The van der Waals surface area contributed by atoms with Gasteiger partial charge in [-0.1, -0.05) is 31.9 Å². The first kappa shape index (κ1) is 27.9. The van der Waals surface area contributed by atoms with Crippen molar-refractivity contribution >= 4 is 22.8 Å². The first-order chi connectivity index (χ1) is 19.2. The molecule has 3 aromatic carbocycles. The standard InChI is InChI=1S/C30H28N4O6/c1-7-12-40-28-25(34(36)37)14-20(15-27(28)39-6)17-31-33-29(32-24-11-9-8-10-21(24)30(33)35)23-16-22(18(2)3)26(38-5)13-19(23)4/h1,8-11,13-18H,12H2,2-6H3. The largest absolute Gasteiger partial charge is 0.496 e. The minimum absolute atomic E-state index is 0.0945. The molecule has 1 aromatic heterocycles. The molecule has 0 N–H and O–H groups in total. The molecule has 0 saturated heterocycles. The van der Waals surface area contributed by atoms with Gasteiger partial charge in [0.05, 0.1) is 36.3 Å². The van der Waals surface area contributed by atoms with Crippen molar-refractivity contribution < 1.29 is 19.1 Å². The number of nitrogens with zero attached hydrogens (tertiary/aromatic N) is 4. The number of rotatable bonds is 9. The third-order valence-corrected chi connectivity index (χ3v) is 6.29. The van der Waals surface area contributed by atoms with Crippen LogP contribution in [-0.4, -0.2) is 41.6 Å². The van der Waals surface area contributed by atoms with Gasteiger partial charge in [-0.2, -0.15) is 9.78 Å². The number of fused-ring (bicyclic) bond motifs is 1. The fourth-order valence-corrected chi connectivity index (χ4v) is 4.33. The van der Waals surface area contributed by atoms with E-state index in [4.69, 9.17) is 25.6 Å². The summed E-state index contributed by atoms with van der Waals surface area (Å²) < 4.78 is 17.5. The van der Waals surface area contributed by atoms with E-state index in [0.29, 0.717) is 27.9 Å². The number of hydrogen-bond donors (Lipinski definition) is 0. The number of nitro groups is 1. The number of para-hydroxylation sites is 1. The average Bonchev–Trinajstić information content (AvgIpc) is 2.94. The Morgan fingerprint density at radius 2 is 1.88 bits per heavy atom. The van der Waals surface area contributed by atoms with Gasteiger partial charge >= 0.3 is 5.69 Å². The Bertz CT molecular complexity index is 1730. The number of aryl methyl sites for hydroxylation is 1. The van der Waals surface area contributed by atoms with Crippen molar-refractivity contribution in [2.75, 3.05) is 20.8 Å². The summed E-state index contributed by atoms with van der Waals surface area (Å²) in [5.74, 6) is 3.48. The van der Waals surface area contributed by atoms with Crippen LogP contribution in [0.1, 0.15) is 36.5 Å². The summed E-state index contributed by atoms with van der Waals surface area (Å²) in [6.45, 7) is 5.83. The molecular weight excluding hydrogens is 512 g/mol. The summed E-state index contributed by atoms with van der Waals surface area (Å²) in [5, 5.41) is 16.6. The van der Waals surface area contributed by atoms with Gasteiger partial charge in [-0.25, -0.2) is 4.98 Å². The Hall–Kier alpha value is -5.17. The number of methoxy groups -OCH3 is 2. The molecule has 0 unspecified atom stereocenters. The van der Waals surface area contributed by atoms with Crippen LogP contribution in [-0.2, 0) is 0 Å². The van der Waals surface area contributed by atoms with E-state index in [0.717, 1.165) is 16.9 Å². The zero-order chi connectivity index (χ0) is 29.0. The molecular formula is C30H28N4O6. The highest BCUT2D eigenvalue weighted by Gasteiger charge is 2.23. The van der Waals surface area contributed by atoms with E-state index < -0.39 is 10.5 Å². The smallest absolute Gasteiger partial charge is 0.315 e. The number of hydrogen-bond acceptors (Lipinski definition) is 8. The molecule has 10 nitrogen and oxygen atoms in total. The molecule has 0 amide bonds. The van der Waals surface area contributed by atoms with Gasteiger partial charge in [0, 0.05) is 17.2 Å². The number of nitro benzene ring substituents is 1. The molecule has 40 heavy (non-hydrogen) atoms. The lowest BCUT2D eigenvalue weighted by Gasteiger charge is -2.17. The molecule has 0 spiro atoms. The maximum Gasteiger partial charge on any atom is 0.315 e. The van der Waals surface area contributed by atoms with Crippen LogP contribution in [0.15, 0.2) is 58.4 Å². The lowest BCUT2D eigenvalue weighted by atomic mass is 9.96. The van der Waals surface area contributed by atoms with Gasteiger partial charge in [-0.15, -0.1) is 6.42 Å². The van der Waals surface area contributed by atoms with Gasteiger partial charge in [0.1, 0.15) is 12.4 Å². The van der Waals surface area contributed by atoms with Crippen molar-refractivity contribution in [1.82, 2.24) is 9.66 Å². The summed E-state index contributed by atoms with van der Waals surface area (Å²) in [6.07, 6.45) is 6.59. The van der Waals surface area contributed by atoms with E-state index in [1.807, 2.05) is 39.0 Å². The van der Waals surface area contributed by atoms with Crippen LogP contribution in [0.25, 0.3) is 22.3 Å². The molecule has 0 bridgehead atoms. The van der Waals surface area contributed by atoms with Crippen molar-refractivity contribution in [2.24, 2.45) is 5.10 Å². The Labute approximate surface area is 231 Å². The second-order valence-electron chi connectivity index (χ2n) is 9.20. The molecule has 0 saturated carbocycles. The second kappa shape index (κ2) is 11.7.